The number of hydrogen-bond acceptors (Lipinski definition) is 2. The number of benzene rings is 1. The van der Waals surface area contributed by atoms with Gasteiger partial charge in [-0.25, -0.2) is 0 Å². The van der Waals surface area contributed by atoms with Crippen molar-refractivity contribution in [1.82, 2.24) is 10.6 Å². The Morgan fingerprint density at radius 3 is 2.34 bits per heavy atom. The lowest BCUT2D eigenvalue weighted by atomic mass is 9.37. The molecule has 9 atom stereocenters. The maximum absolute atomic E-state index is 4.15. The first-order chi connectivity index (χ1) is 18.1. The van der Waals surface area contributed by atoms with E-state index in [0.29, 0.717) is 22.3 Å². The molecule has 1 aromatic carbocycles. The van der Waals surface area contributed by atoms with Crippen LogP contribution in [0.2, 0.25) is 0 Å². The standard InChI is InChI=1S/C36H54N2/c1-8-38-36-20-9-10-30(36)27-15-16-31-33(4,29(27)18-23-36)22-19-32-34(31,5)21-17-28(35(32,6)37-7)26-13-11-25(12-14-26)24(2)3/h11-14,17,27,29-32,37-38H,2,8-10,15-16,18-23H2,1,3-7H3. The maximum Gasteiger partial charge on any atom is 0.0440 e. The third-order valence-corrected chi connectivity index (χ3v) is 13.5. The van der Waals surface area contributed by atoms with Crippen LogP contribution in [0.5, 0.6) is 0 Å². The summed E-state index contributed by atoms with van der Waals surface area (Å²) in [7, 11) is 2.22. The fourth-order valence-electron chi connectivity index (χ4n) is 11.9. The quantitative estimate of drug-likeness (QED) is 0.412. The summed E-state index contributed by atoms with van der Waals surface area (Å²) in [5.41, 5.74) is 6.64. The monoisotopic (exact) mass is 514 g/mol. The van der Waals surface area contributed by atoms with Crippen molar-refractivity contribution in [2.45, 2.75) is 110 Å². The van der Waals surface area contributed by atoms with Crippen LogP contribution in [-0.4, -0.2) is 24.7 Å². The van der Waals surface area contributed by atoms with Crippen molar-refractivity contribution in [3.05, 3.63) is 48.0 Å². The normalized spacial score (nSPS) is 45.8. The first kappa shape index (κ1) is 26.8. The van der Waals surface area contributed by atoms with Crippen molar-refractivity contribution in [3.8, 4) is 0 Å². The van der Waals surface area contributed by atoms with Gasteiger partial charge in [-0.2, -0.15) is 0 Å². The Morgan fingerprint density at radius 2 is 1.66 bits per heavy atom. The second kappa shape index (κ2) is 9.34. The Bertz CT molecular complexity index is 1100. The zero-order valence-electron chi connectivity index (χ0n) is 25.3. The average molecular weight is 515 g/mol. The molecule has 2 heteroatoms. The molecule has 0 spiro atoms. The molecular weight excluding hydrogens is 460 g/mol. The number of hydrogen-bond donors (Lipinski definition) is 2. The summed E-state index contributed by atoms with van der Waals surface area (Å²) in [5.74, 6) is 4.30. The molecule has 0 aromatic heterocycles. The molecule has 2 nitrogen and oxygen atoms in total. The second-order valence-corrected chi connectivity index (χ2v) is 14.9. The fourth-order valence-corrected chi connectivity index (χ4v) is 11.9. The van der Waals surface area contributed by atoms with Gasteiger partial charge in [0.25, 0.3) is 0 Å². The molecule has 0 saturated heterocycles. The third-order valence-electron chi connectivity index (χ3n) is 13.5. The summed E-state index contributed by atoms with van der Waals surface area (Å²) in [6.45, 7) is 17.7. The smallest absolute Gasteiger partial charge is 0.0440 e. The van der Waals surface area contributed by atoms with Crippen molar-refractivity contribution >= 4 is 11.1 Å². The Kier molecular flexibility index (Phi) is 6.59. The lowest BCUT2D eigenvalue weighted by Gasteiger charge is -2.68. The zero-order valence-corrected chi connectivity index (χ0v) is 25.3. The van der Waals surface area contributed by atoms with E-state index in [1.807, 2.05) is 0 Å². The predicted octanol–water partition coefficient (Wildman–Crippen LogP) is 8.49. The van der Waals surface area contributed by atoms with E-state index < -0.39 is 0 Å². The maximum atomic E-state index is 4.15. The van der Waals surface area contributed by atoms with Crippen LogP contribution in [0.3, 0.4) is 0 Å². The van der Waals surface area contributed by atoms with E-state index in [0.717, 1.165) is 35.8 Å². The van der Waals surface area contributed by atoms with Gasteiger partial charge in [0, 0.05) is 11.1 Å². The number of rotatable bonds is 5. The zero-order chi connectivity index (χ0) is 26.9. The Labute approximate surface area is 233 Å². The molecule has 208 valence electrons. The van der Waals surface area contributed by atoms with E-state index >= 15 is 0 Å². The van der Waals surface area contributed by atoms with Crippen molar-refractivity contribution in [3.63, 3.8) is 0 Å². The van der Waals surface area contributed by atoms with Gasteiger partial charge in [0.15, 0.2) is 0 Å². The molecule has 0 radical (unpaired) electrons. The van der Waals surface area contributed by atoms with E-state index in [-0.39, 0.29) is 5.54 Å². The summed E-state index contributed by atoms with van der Waals surface area (Å²) in [6.07, 6.45) is 16.8. The second-order valence-electron chi connectivity index (χ2n) is 14.9. The van der Waals surface area contributed by atoms with Gasteiger partial charge in [-0.1, -0.05) is 69.7 Å². The molecule has 4 fully saturated rings. The number of allylic oxidation sites excluding steroid dienone is 2. The molecule has 4 saturated carbocycles. The number of nitrogens with one attached hydrogen (secondary N) is 2. The molecular formula is C36H54N2. The van der Waals surface area contributed by atoms with Crippen LogP contribution in [0, 0.1) is 40.4 Å². The highest BCUT2D eigenvalue weighted by Crippen LogP contribution is 2.71. The minimum Gasteiger partial charge on any atom is -0.311 e. The van der Waals surface area contributed by atoms with E-state index in [1.54, 1.807) is 0 Å². The highest BCUT2D eigenvalue weighted by molar-refractivity contribution is 5.76. The molecule has 0 amide bonds. The van der Waals surface area contributed by atoms with Crippen molar-refractivity contribution in [1.29, 1.82) is 0 Å². The molecule has 5 aliphatic rings. The molecule has 0 aliphatic heterocycles. The summed E-state index contributed by atoms with van der Waals surface area (Å²) < 4.78 is 0. The summed E-state index contributed by atoms with van der Waals surface area (Å²) in [6, 6.07) is 9.21. The summed E-state index contributed by atoms with van der Waals surface area (Å²) in [5, 5.41) is 7.97. The molecule has 0 heterocycles. The van der Waals surface area contributed by atoms with Gasteiger partial charge in [-0.15, -0.1) is 0 Å². The van der Waals surface area contributed by atoms with E-state index in [1.165, 1.54) is 80.9 Å². The summed E-state index contributed by atoms with van der Waals surface area (Å²) >= 11 is 0. The first-order valence-electron chi connectivity index (χ1n) is 16.0. The Hall–Kier alpha value is -1.38. The van der Waals surface area contributed by atoms with E-state index in [4.69, 9.17) is 0 Å². The lowest BCUT2D eigenvalue weighted by Crippen LogP contribution is -2.66. The van der Waals surface area contributed by atoms with Crippen LogP contribution < -0.4 is 10.6 Å². The van der Waals surface area contributed by atoms with E-state index in [9.17, 15) is 0 Å². The van der Waals surface area contributed by atoms with Crippen LogP contribution >= 0.6 is 0 Å². The number of likely N-dealkylation sites (N-methyl/N-ethyl adjacent to an activating group) is 1. The topological polar surface area (TPSA) is 24.1 Å². The van der Waals surface area contributed by atoms with Gasteiger partial charge >= 0.3 is 0 Å². The Morgan fingerprint density at radius 1 is 0.895 bits per heavy atom. The molecule has 5 aliphatic carbocycles. The minimum absolute atomic E-state index is 0.00807. The largest absolute Gasteiger partial charge is 0.311 e. The van der Waals surface area contributed by atoms with Crippen LogP contribution in [0.1, 0.15) is 110 Å². The molecule has 9 unspecified atom stereocenters. The van der Waals surface area contributed by atoms with Gasteiger partial charge in [-0.05, 0) is 142 Å². The molecule has 0 bridgehead atoms. The van der Waals surface area contributed by atoms with Crippen LogP contribution in [-0.2, 0) is 0 Å². The van der Waals surface area contributed by atoms with Crippen molar-refractivity contribution in [2.75, 3.05) is 13.6 Å². The highest BCUT2D eigenvalue weighted by Gasteiger charge is 2.65. The molecule has 38 heavy (non-hydrogen) atoms. The summed E-state index contributed by atoms with van der Waals surface area (Å²) in [4.78, 5) is 0. The van der Waals surface area contributed by atoms with Gasteiger partial charge in [-0.3, -0.25) is 0 Å². The van der Waals surface area contributed by atoms with Crippen LogP contribution in [0.25, 0.3) is 11.1 Å². The molecule has 6 rings (SSSR count). The van der Waals surface area contributed by atoms with Crippen LogP contribution in [0.4, 0.5) is 0 Å². The van der Waals surface area contributed by atoms with Crippen molar-refractivity contribution < 1.29 is 0 Å². The lowest BCUT2D eigenvalue weighted by molar-refractivity contribution is -0.168. The van der Waals surface area contributed by atoms with Crippen molar-refractivity contribution in [2.24, 2.45) is 40.4 Å². The average Bonchev–Trinajstić information content (AvgIpc) is 3.33. The van der Waals surface area contributed by atoms with Gasteiger partial charge < -0.3 is 10.6 Å². The van der Waals surface area contributed by atoms with Gasteiger partial charge in [0.1, 0.15) is 0 Å². The predicted molar refractivity (Wildman–Crippen MR) is 163 cm³/mol. The Balaban J connectivity index is 1.33. The van der Waals surface area contributed by atoms with Crippen LogP contribution in [0.15, 0.2) is 36.9 Å². The fraction of sp³-hybridized carbons (Fsp3) is 0.722. The molecule has 2 N–H and O–H groups in total. The van der Waals surface area contributed by atoms with Gasteiger partial charge in [0.2, 0.25) is 0 Å². The first-order valence-corrected chi connectivity index (χ1v) is 16.0. The highest BCUT2D eigenvalue weighted by atomic mass is 15.0. The number of fused-ring (bicyclic) bond motifs is 7. The third kappa shape index (κ3) is 3.64. The molecule has 1 aromatic rings. The van der Waals surface area contributed by atoms with Gasteiger partial charge in [0.05, 0.1) is 0 Å². The SMILES string of the molecule is C=C(C)c1ccc(C2=CCC3(C)C(CCC4(C)C5CCC6(NCC)CCCC6C5CCC43)C2(C)NC)cc1. The van der Waals surface area contributed by atoms with E-state index in [2.05, 4.69) is 89.2 Å². The minimum atomic E-state index is 0.00807.